The maximum atomic E-state index is 9.82. The normalized spacial score (nSPS) is 25.1. The van der Waals surface area contributed by atoms with Crippen LogP contribution in [0.1, 0.15) is 39.5 Å². The van der Waals surface area contributed by atoms with E-state index < -0.39 is 0 Å². The van der Waals surface area contributed by atoms with Crippen LogP contribution in [0.4, 0.5) is 0 Å². The van der Waals surface area contributed by atoms with E-state index in [2.05, 4.69) is 18.7 Å². The first-order valence-electron chi connectivity index (χ1n) is 7.02. The lowest BCUT2D eigenvalue weighted by Gasteiger charge is -2.26. The van der Waals surface area contributed by atoms with E-state index in [-0.39, 0.29) is 6.10 Å². The molecular weight excluding hydrogens is 214 g/mol. The molecule has 0 aliphatic heterocycles. The van der Waals surface area contributed by atoms with Crippen LogP contribution in [0.3, 0.4) is 0 Å². The zero-order valence-electron chi connectivity index (χ0n) is 11.7. The van der Waals surface area contributed by atoms with E-state index in [0.717, 1.165) is 39.1 Å². The molecule has 3 nitrogen and oxygen atoms in total. The number of hydrogen-bond acceptors (Lipinski definition) is 3. The Morgan fingerprint density at radius 1 is 1.29 bits per heavy atom. The number of methoxy groups -OCH3 is 1. The minimum Gasteiger partial charge on any atom is -0.393 e. The van der Waals surface area contributed by atoms with Crippen molar-refractivity contribution in [1.82, 2.24) is 4.90 Å². The molecule has 1 rings (SSSR count). The van der Waals surface area contributed by atoms with Crippen molar-refractivity contribution in [1.29, 1.82) is 0 Å². The van der Waals surface area contributed by atoms with E-state index in [4.69, 9.17) is 4.74 Å². The van der Waals surface area contributed by atoms with E-state index >= 15 is 0 Å². The zero-order chi connectivity index (χ0) is 12.7. The van der Waals surface area contributed by atoms with Crippen LogP contribution in [0.25, 0.3) is 0 Å². The fraction of sp³-hybridized carbons (Fsp3) is 1.00. The van der Waals surface area contributed by atoms with Crippen LogP contribution in [0.15, 0.2) is 0 Å². The van der Waals surface area contributed by atoms with Crippen molar-refractivity contribution >= 4 is 0 Å². The summed E-state index contributed by atoms with van der Waals surface area (Å²) in [5.41, 5.74) is 0. The molecule has 1 fully saturated rings. The van der Waals surface area contributed by atoms with Gasteiger partial charge in [-0.15, -0.1) is 0 Å². The molecule has 0 radical (unpaired) electrons. The average Bonchev–Trinajstić information content (AvgIpc) is 2.67. The molecule has 3 heteroatoms. The Balaban J connectivity index is 2.26. The van der Waals surface area contributed by atoms with Crippen LogP contribution in [-0.2, 0) is 4.74 Å². The lowest BCUT2D eigenvalue weighted by molar-refractivity contribution is 0.104. The highest BCUT2D eigenvalue weighted by Gasteiger charge is 2.25. The summed E-state index contributed by atoms with van der Waals surface area (Å²) in [5.74, 6) is 1.23. The first-order chi connectivity index (χ1) is 8.13. The van der Waals surface area contributed by atoms with Gasteiger partial charge in [-0.1, -0.05) is 20.3 Å². The molecule has 0 heterocycles. The van der Waals surface area contributed by atoms with Crippen molar-refractivity contribution in [2.45, 2.75) is 45.6 Å². The quantitative estimate of drug-likeness (QED) is 0.709. The first kappa shape index (κ1) is 14.9. The van der Waals surface area contributed by atoms with Crippen LogP contribution in [0, 0.1) is 11.8 Å². The fourth-order valence-corrected chi connectivity index (χ4v) is 2.73. The smallest absolute Gasteiger partial charge is 0.0589 e. The number of aliphatic hydroxyl groups is 1. The van der Waals surface area contributed by atoms with Crippen LogP contribution in [0.5, 0.6) is 0 Å². The SMILES string of the molecule is COCCN(CCC1CCCC1O)CC(C)C. The van der Waals surface area contributed by atoms with Crippen molar-refractivity contribution in [2.24, 2.45) is 11.8 Å². The Morgan fingerprint density at radius 3 is 2.59 bits per heavy atom. The second kappa shape index (κ2) is 8.06. The number of ether oxygens (including phenoxy) is 1. The Labute approximate surface area is 106 Å². The summed E-state index contributed by atoms with van der Waals surface area (Å²) < 4.78 is 5.16. The van der Waals surface area contributed by atoms with Gasteiger partial charge in [0.2, 0.25) is 0 Å². The Kier molecular flexibility index (Phi) is 7.09. The van der Waals surface area contributed by atoms with Crippen LogP contribution in [0.2, 0.25) is 0 Å². The maximum absolute atomic E-state index is 9.82. The van der Waals surface area contributed by atoms with Crippen molar-refractivity contribution in [2.75, 3.05) is 33.4 Å². The van der Waals surface area contributed by atoms with Crippen molar-refractivity contribution < 1.29 is 9.84 Å². The van der Waals surface area contributed by atoms with E-state index in [9.17, 15) is 5.11 Å². The third-order valence-electron chi connectivity index (χ3n) is 3.67. The van der Waals surface area contributed by atoms with Crippen LogP contribution < -0.4 is 0 Å². The summed E-state index contributed by atoms with van der Waals surface area (Å²) in [5, 5.41) is 9.82. The Hall–Kier alpha value is -0.120. The largest absolute Gasteiger partial charge is 0.393 e. The molecule has 0 amide bonds. The number of nitrogens with zero attached hydrogens (tertiary/aromatic N) is 1. The van der Waals surface area contributed by atoms with Gasteiger partial charge in [0.15, 0.2) is 0 Å². The van der Waals surface area contributed by atoms with Gasteiger partial charge >= 0.3 is 0 Å². The fourth-order valence-electron chi connectivity index (χ4n) is 2.73. The van der Waals surface area contributed by atoms with Gasteiger partial charge in [-0.2, -0.15) is 0 Å². The lowest BCUT2D eigenvalue weighted by Crippen LogP contribution is -2.33. The summed E-state index contributed by atoms with van der Waals surface area (Å²) >= 11 is 0. The second-order valence-corrected chi connectivity index (χ2v) is 5.73. The summed E-state index contributed by atoms with van der Waals surface area (Å²) in [6.45, 7) is 8.56. The van der Waals surface area contributed by atoms with Gasteiger partial charge in [-0.25, -0.2) is 0 Å². The molecule has 0 aromatic rings. The van der Waals surface area contributed by atoms with Gasteiger partial charge in [-0.3, -0.25) is 0 Å². The molecule has 1 N–H and O–H groups in total. The highest BCUT2D eigenvalue weighted by atomic mass is 16.5. The molecule has 0 saturated heterocycles. The molecule has 17 heavy (non-hydrogen) atoms. The van der Waals surface area contributed by atoms with E-state index in [0.29, 0.717) is 11.8 Å². The molecule has 2 atom stereocenters. The van der Waals surface area contributed by atoms with Gasteiger partial charge in [0, 0.05) is 20.2 Å². The molecule has 1 aliphatic rings. The highest BCUT2D eigenvalue weighted by molar-refractivity contribution is 4.77. The molecule has 102 valence electrons. The summed E-state index contributed by atoms with van der Waals surface area (Å²) in [4.78, 5) is 2.47. The minimum absolute atomic E-state index is 0.0432. The third kappa shape index (κ3) is 5.84. The van der Waals surface area contributed by atoms with Crippen molar-refractivity contribution in [3.8, 4) is 0 Å². The summed E-state index contributed by atoms with van der Waals surface area (Å²) in [6, 6.07) is 0. The molecular formula is C14H29NO2. The number of hydrogen-bond donors (Lipinski definition) is 1. The monoisotopic (exact) mass is 243 g/mol. The predicted molar refractivity (Wildman–Crippen MR) is 71.1 cm³/mol. The first-order valence-corrected chi connectivity index (χ1v) is 7.02. The highest BCUT2D eigenvalue weighted by Crippen LogP contribution is 2.28. The van der Waals surface area contributed by atoms with Gasteiger partial charge in [0.25, 0.3) is 0 Å². The average molecular weight is 243 g/mol. The van der Waals surface area contributed by atoms with Crippen molar-refractivity contribution in [3.63, 3.8) is 0 Å². The molecule has 2 unspecified atom stereocenters. The van der Waals surface area contributed by atoms with Gasteiger partial charge in [0.1, 0.15) is 0 Å². The summed E-state index contributed by atoms with van der Waals surface area (Å²) in [7, 11) is 1.76. The predicted octanol–water partition coefficient (Wildman–Crippen LogP) is 2.14. The maximum Gasteiger partial charge on any atom is 0.0589 e. The van der Waals surface area contributed by atoms with Gasteiger partial charge in [0.05, 0.1) is 12.7 Å². The third-order valence-corrected chi connectivity index (χ3v) is 3.67. The lowest BCUT2D eigenvalue weighted by atomic mass is 10.0. The molecule has 1 saturated carbocycles. The molecule has 0 spiro atoms. The molecule has 0 bridgehead atoms. The van der Waals surface area contributed by atoms with Gasteiger partial charge in [-0.05, 0) is 37.6 Å². The van der Waals surface area contributed by atoms with Crippen LogP contribution >= 0.6 is 0 Å². The number of aliphatic hydroxyl groups excluding tert-OH is 1. The minimum atomic E-state index is -0.0432. The standard InChI is InChI=1S/C14H29NO2/c1-12(2)11-15(9-10-17-3)8-7-13-5-4-6-14(13)16/h12-14,16H,4-11H2,1-3H3. The zero-order valence-corrected chi connectivity index (χ0v) is 11.7. The van der Waals surface area contributed by atoms with Gasteiger partial charge < -0.3 is 14.7 Å². The van der Waals surface area contributed by atoms with E-state index in [1.165, 1.54) is 12.8 Å². The van der Waals surface area contributed by atoms with Crippen molar-refractivity contribution in [3.05, 3.63) is 0 Å². The topological polar surface area (TPSA) is 32.7 Å². The molecule has 0 aromatic carbocycles. The van der Waals surface area contributed by atoms with Crippen LogP contribution in [-0.4, -0.2) is 49.5 Å². The summed E-state index contributed by atoms with van der Waals surface area (Å²) in [6.07, 6.45) is 4.51. The van der Waals surface area contributed by atoms with E-state index in [1.807, 2.05) is 0 Å². The Morgan fingerprint density at radius 2 is 2.06 bits per heavy atom. The second-order valence-electron chi connectivity index (χ2n) is 5.73. The molecule has 1 aliphatic carbocycles. The Bertz CT molecular complexity index is 197. The molecule has 0 aromatic heterocycles. The van der Waals surface area contributed by atoms with E-state index in [1.54, 1.807) is 7.11 Å². The number of rotatable bonds is 8.